The molecule has 1 heterocycles. The van der Waals surface area contributed by atoms with Crippen molar-refractivity contribution in [3.05, 3.63) is 52.2 Å². The quantitative estimate of drug-likeness (QED) is 0.844. The molecule has 0 spiro atoms. The van der Waals surface area contributed by atoms with Crippen molar-refractivity contribution in [2.75, 3.05) is 10.6 Å². The van der Waals surface area contributed by atoms with E-state index in [2.05, 4.69) is 10.6 Å². The Balaban J connectivity index is 2.18. The lowest BCUT2D eigenvalue weighted by atomic mass is 10.2. The smallest absolute Gasteiger partial charge is 0.248 e. The Morgan fingerprint density at radius 3 is 2.32 bits per heavy atom. The highest BCUT2D eigenvalue weighted by Gasteiger charge is 2.12. The van der Waals surface area contributed by atoms with E-state index in [1.54, 1.807) is 6.08 Å². The summed E-state index contributed by atoms with van der Waals surface area (Å²) >= 11 is 1.49. The van der Waals surface area contributed by atoms with Crippen LogP contribution in [0.1, 0.15) is 12.5 Å². The largest absolute Gasteiger partial charge is 0.324 e. The van der Waals surface area contributed by atoms with E-state index in [1.807, 2.05) is 16.8 Å². The Labute approximate surface area is 129 Å². The van der Waals surface area contributed by atoms with E-state index in [0.717, 1.165) is 17.7 Å². The zero-order chi connectivity index (χ0) is 16.1. The lowest BCUT2D eigenvalue weighted by Crippen LogP contribution is -2.13. The number of amides is 2. The average Bonchev–Trinajstić information content (AvgIpc) is 2.95. The molecule has 7 heteroatoms. The van der Waals surface area contributed by atoms with Crippen molar-refractivity contribution in [2.45, 2.75) is 6.92 Å². The summed E-state index contributed by atoms with van der Waals surface area (Å²) in [5.74, 6) is -3.22. The van der Waals surface area contributed by atoms with Gasteiger partial charge < -0.3 is 10.6 Å². The van der Waals surface area contributed by atoms with Crippen molar-refractivity contribution >= 4 is 40.6 Å². The van der Waals surface area contributed by atoms with Gasteiger partial charge in [-0.2, -0.15) is 11.3 Å². The lowest BCUT2D eigenvalue weighted by Gasteiger charge is -2.11. The number of thiophene rings is 1. The number of carbonyl (C=O) groups is 2. The van der Waals surface area contributed by atoms with Gasteiger partial charge in [0.15, 0.2) is 11.6 Å². The summed E-state index contributed by atoms with van der Waals surface area (Å²) in [6.45, 7) is 1.23. The Morgan fingerprint density at radius 2 is 1.77 bits per heavy atom. The maximum absolute atomic E-state index is 13.3. The molecule has 1 aromatic carbocycles. The summed E-state index contributed by atoms with van der Waals surface area (Å²) in [6, 6.07) is 3.46. The summed E-state index contributed by atoms with van der Waals surface area (Å²) in [5.41, 5.74) is 0.824. The molecule has 0 saturated heterocycles. The van der Waals surface area contributed by atoms with Gasteiger partial charge in [-0.3, -0.25) is 9.59 Å². The molecule has 2 N–H and O–H groups in total. The van der Waals surface area contributed by atoms with Crippen molar-refractivity contribution in [3.8, 4) is 0 Å². The predicted molar refractivity (Wildman–Crippen MR) is 82.6 cm³/mol. The van der Waals surface area contributed by atoms with Crippen molar-refractivity contribution in [1.82, 2.24) is 0 Å². The highest BCUT2D eigenvalue weighted by molar-refractivity contribution is 7.08. The third-order valence-corrected chi connectivity index (χ3v) is 3.30. The molecule has 22 heavy (non-hydrogen) atoms. The SMILES string of the molecule is CC(=O)Nc1cc(F)c(F)cc1NC(=O)/C=C\c1ccsc1. The van der Waals surface area contributed by atoms with Crippen LogP contribution < -0.4 is 10.6 Å². The van der Waals surface area contributed by atoms with Gasteiger partial charge in [0.2, 0.25) is 11.8 Å². The molecule has 2 aromatic rings. The van der Waals surface area contributed by atoms with Crippen LogP contribution in [0, 0.1) is 11.6 Å². The standard InChI is InChI=1S/C15H12F2N2O2S/c1-9(20)18-13-6-11(16)12(17)7-14(13)19-15(21)3-2-10-4-5-22-8-10/h2-8H,1H3,(H,18,20)(H,19,21)/b3-2-. The molecule has 0 aliphatic rings. The minimum atomic E-state index is -1.12. The fraction of sp³-hybridized carbons (Fsp3) is 0.0667. The van der Waals surface area contributed by atoms with E-state index < -0.39 is 23.4 Å². The van der Waals surface area contributed by atoms with E-state index in [0.29, 0.717) is 0 Å². The molecular formula is C15H12F2N2O2S. The van der Waals surface area contributed by atoms with E-state index in [-0.39, 0.29) is 11.4 Å². The number of benzene rings is 1. The van der Waals surface area contributed by atoms with Crippen LogP contribution in [0.25, 0.3) is 6.08 Å². The van der Waals surface area contributed by atoms with Gasteiger partial charge in [0.25, 0.3) is 0 Å². The number of hydrogen-bond acceptors (Lipinski definition) is 3. The molecule has 1 aromatic heterocycles. The lowest BCUT2D eigenvalue weighted by molar-refractivity contribution is -0.114. The van der Waals surface area contributed by atoms with Gasteiger partial charge in [0.1, 0.15) is 0 Å². The molecular weight excluding hydrogens is 310 g/mol. The Bertz CT molecular complexity index is 727. The molecule has 0 unspecified atom stereocenters. The number of nitrogens with one attached hydrogen (secondary N) is 2. The van der Waals surface area contributed by atoms with Crippen LogP contribution in [0.4, 0.5) is 20.2 Å². The molecule has 2 amide bonds. The van der Waals surface area contributed by atoms with Gasteiger partial charge in [0, 0.05) is 25.1 Å². The second kappa shape index (κ2) is 6.95. The summed E-state index contributed by atoms with van der Waals surface area (Å²) in [7, 11) is 0. The highest BCUT2D eigenvalue weighted by Crippen LogP contribution is 2.25. The maximum Gasteiger partial charge on any atom is 0.248 e. The van der Waals surface area contributed by atoms with Crippen molar-refractivity contribution in [3.63, 3.8) is 0 Å². The molecule has 2 rings (SSSR count). The average molecular weight is 322 g/mol. The van der Waals surface area contributed by atoms with E-state index in [4.69, 9.17) is 0 Å². The molecule has 0 bridgehead atoms. The van der Waals surface area contributed by atoms with Crippen LogP contribution in [0.5, 0.6) is 0 Å². The zero-order valence-electron chi connectivity index (χ0n) is 11.5. The topological polar surface area (TPSA) is 58.2 Å². The van der Waals surface area contributed by atoms with Gasteiger partial charge in [0.05, 0.1) is 11.4 Å². The number of carbonyl (C=O) groups excluding carboxylic acids is 2. The normalized spacial score (nSPS) is 10.7. The molecule has 114 valence electrons. The van der Waals surface area contributed by atoms with Gasteiger partial charge in [-0.05, 0) is 28.5 Å². The molecule has 0 aliphatic carbocycles. The summed E-state index contributed by atoms with van der Waals surface area (Å²) < 4.78 is 26.5. The van der Waals surface area contributed by atoms with Crippen LogP contribution in [-0.4, -0.2) is 11.8 Å². The molecule has 0 atom stereocenters. The Kier molecular flexibility index (Phi) is 5.00. The zero-order valence-corrected chi connectivity index (χ0v) is 12.3. The second-order valence-corrected chi connectivity index (χ2v) is 5.15. The van der Waals surface area contributed by atoms with Crippen LogP contribution in [0.2, 0.25) is 0 Å². The van der Waals surface area contributed by atoms with Crippen molar-refractivity contribution in [2.24, 2.45) is 0 Å². The first-order valence-electron chi connectivity index (χ1n) is 6.23. The first kappa shape index (κ1) is 15.8. The minimum absolute atomic E-state index is 0.0105. The van der Waals surface area contributed by atoms with Gasteiger partial charge in [-0.15, -0.1) is 0 Å². The second-order valence-electron chi connectivity index (χ2n) is 4.37. The maximum atomic E-state index is 13.3. The highest BCUT2D eigenvalue weighted by atomic mass is 32.1. The van der Waals surface area contributed by atoms with Crippen LogP contribution in [-0.2, 0) is 9.59 Å². The molecule has 0 saturated carbocycles. The number of rotatable bonds is 4. The molecule has 0 aliphatic heterocycles. The third-order valence-electron chi connectivity index (χ3n) is 2.60. The summed E-state index contributed by atoms with van der Waals surface area (Å²) in [6.07, 6.45) is 2.85. The Morgan fingerprint density at radius 1 is 1.14 bits per heavy atom. The third kappa shape index (κ3) is 4.23. The first-order chi connectivity index (χ1) is 10.5. The summed E-state index contributed by atoms with van der Waals surface area (Å²) in [5, 5.41) is 8.45. The van der Waals surface area contributed by atoms with Gasteiger partial charge >= 0.3 is 0 Å². The van der Waals surface area contributed by atoms with Crippen LogP contribution >= 0.6 is 11.3 Å². The number of halogens is 2. The molecule has 0 radical (unpaired) electrons. The van der Waals surface area contributed by atoms with E-state index >= 15 is 0 Å². The summed E-state index contributed by atoms with van der Waals surface area (Å²) in [4.78, 5) is 22.9. The van der Waals surface area contributed by atoms with Gasteiger partial charge in [-0.1, -0.05) is 0 Å². The number of anilines is 2. The van der Waals surface area contributed by atoms with E-state index in [1.165, 1.54) is 24.3 Å². The Hall–Kier alpha value is -2.54. The first-order valence-corrected chi connectivity index (χ1v) is 7.18. The predicted octanol–water partition coefficient (Wildman–Crippen LogP) is 3.64. The van der Waals surface area contributed by atoms with E-state index in [9.17, 15) is 18.4 Å². The van der Waals surface area contributed by atoms with Crippen molar-refractivity contribution < 1.29 is 18.4 Å². The number of hydrogen-bond donors (Lipinski definition) is 2. The fourth-order valence-corrected chi connectivity index (χ4v) is 2.29. The van der Waals surface area contributed by atoms with Gasteiger partial charge in [-0.25, -0.2) is 8.78 Å². The molecule has 4 nitrogen and oxygen atoms in total. The van der Waals surface area contributed by atoms with Crippen LogP contribution in [0.3, 0.4) is 0 Å². The van der Waals surface area contributed by atoms with Crippen molar-refractivity contribution in [1.29, 1.82) is 0 Å². The minimum Gasteiger partial charge on any atom is -0.324 e. The molecule has 0 fully saturated rings. The monoisotopic (exact) mass is 322 g/mol. The fourth-order valence-electron chi connectivity index (χ4n) is 1.66. The van der Waals surface area contributed by atoms with Crippen LogP contribution in [0.15, 0.2) is 35.0 Å².